The lowest BCUT2D eigenvalue weighted by atomic mass is 10.1. The second-order valence-electron chi connectivity index (χ2n) is 3.87. The Kier molecular flexibility index (Phi) is 2.14. The van der Waals surface area contributed by atoms with Gasteiger partial charge in [-0.05, 0) is 17.7 Å². The van der Waals surface area contributed by atoms with Crippen molar-refractivity contribution in [3.8, 4) is 5.75 Å². The van der Waals surface area contributed by atoms with Gasteiger partial charge in [-0.15, -0.1) is 11.6 Å². The van der Waals surface area contributed by atoms with Crippen molar-refractivity contribution in [2.24, 2.45) is 0 Å². The molecule has 0 radical (unpaired) electrons. The molecule has 3 nitrogen and oxygen atoms in total. The molecular formula is C12H10ClNO2. The predicted octanol–water partition coefficient (Wildman–Crippen LogP) is 2.20. The van der Waals surface area contributed by atoms with Crippen LogP contribution in [0.5, 0.6) is 5.75 Å². The normalized spacial score (nSPS) is 13.8. The van der Waals surface area contributed by atoms with Crippen molar-refractivity contribution in [1.82, 2.24) is 4.98 Å². The summed E-state index contributed by atoms with van der Waals surface area (Å²) in [7, 11) is 0. The van der Waals surface area contributed by atoms with Gasteiger partial charge in [0, 0.05) is 17.7 Å². The Morgan fingerprint density at radius 3 is 3.12 bits per heavy atom. The van der Waals surface area contributed by atoms with Crippen LogP contribution in [-0.4, -0.2) is 11.6 Å². The number of hydrogen-bond acceptors (Lipinski definition) is 2. The van der Waals surface area contributed by atoms with Gasteiger partial charge in [-0.3, -0.25) is 4.79 Å². The molecule has 2 aromatic rings. The Morgan fingerprint density at radius 2 is 2.31 bits per heavy atom. The third-order valence-electron chi connectivity index (χ3n) is 2.88. The van der Waals surface area contributed by atoms with E-state index in [4.69, 9.17) is 16.3 Å². The minimum Gasteiger partial charge on any atom is -0.492 e. The van der Waals surface area contributed by atoms with Crippen molar-refractivity contribution in [2.75, 3.05) is 6.61 Å². The van der Waals surface area contributed by atoms with Crippen LogP contribution >= 0.6 is 11.6 Å². The molecule has 0 saturated carbocycles. The van der Waals surface area contributed by atoms with Gasteiger partial charge in [0.15, 0.2) is 0 Å². The Hall–Kier alpha value is -1.48. The van der Waals surface area contributed by atoms with E-state index in [1.54, 1.807) is 0 Å². The zero-order valence-corrected chi connectivity index (χ0v) is 9.30. The second-order valence-corrected chi connectivity index (χ2v) is 4.14. The maximum atomic E-state index is 11.8. The first-order valence-corrected chi connectivity index (χ1v) is 5.69. The first-order valence-electron chi connectivity index (χ1n) is 5.16. The van der Waals surface area contributed by atoms with Crippen LogP contribution in [0.3, 0.4) is 0 Å². The number of fused-ring (bicyclic) bond motifs is 3. The van der Waals surface area contributed by atoms with Crippen LogP contribution in [-0.2, 0) is 12.3 Å². The van der Waals surface area contributed by atoms with E-state index in [2.05, 4.69) is 4.98 Å². The Bertz CT molecular complexity index is 618. The number of hydrogen-bond donors (Lipinski definition) is 1. The number of halogens is 1. The van der Waals surface area contributed by atoms with Gasteiger partial charge >= 0.3 is 0 Å². The van der Waals surface area contributed by atoms with Crippen LogP contribution < -0.4 is 10.3 Å². The summed E-state index contributed by atoms with van der Waals surface area (Å²) < 4.78 is 5.51. The maximum absolute atomic E-state index is 11.8. The van der Waals surface area contributed by atoms with E-state index in [9.17, 15) is 4.79 Å². The van der Waals surface area contributed by atoms with Crippen molar-refractivity contribution in [3.63, 3.8) is 0 Å². The molecule has 0 spiro atoms. The fourth-order valence-corrected chi connectivity index (χ4v) is 2.25. The third-order valence-corrected chi connectivity index (χ3v) is 3.19. The molecule has 0 bridgehead atoms. The van der Waals surface area contributed by atoms with Crippen molar-refractivity contribution in [1.29, 1.82) is 0 Å². The summed E-state index contributed by atoms with van der Waals surface area (Å²) in [5.41, 5.74) is 2.49. The lowest BCUT2D eigenvalue weighted by molar-refractivity contribution is 0.360. The average molecular weight is 236 g/mol. The number of pyridine rings is 1. The maximum Gasteiger partial charge on any atom is 0.255 e. The largest absolute Gasteiger partial charge is 0.492 e. The van der Waals surface area contributed by atoms with E-state index in [1.807, 2.05) is 18.2 Å². The highest BCUT2D eigenvalue weighted by Gasteiger charge is 2.19. The number of aromatic amines is 1. The molecule has 0 saturated heterocycles. The van der Waals surface area contributed by atoms with Crippen molar-refractivity contribution >= 4 is 22.5 Å². The number of alkyl halides is 1. The van der Waals surface area contributed by atoms with Crippen molar-refractivity contribution in [2.45, 2.75) is 12.3 Å². The molecule has 82 valence electrons. The standard InChI is InChI=1S/C12H10ClNO2/c13-6-7-1-2-8-10(5-7)14-12(15)9-3-4-16-11(8)9/h1-2,5H,3-4,6H2,(H,14,15). The van der Waals surface area contributed by atoms with Gasteiger partial charge in [0.1, 0.15) is 5.75 Å². The van der Waals surface area contributed by atoms with E-state index in [-0.39, 0.29) is 5.56 Å². The van der Waals surface area contributed by atoms with Gasteiger partial charge in [0.2, 0.25) is 0 Å². The topological polar surface area (TPSA) is 42.1 Å². The lowest BCUT2D eigenvalue weighted by Gasteiger charge is -2.05. The van der Waals surface area contributed by atoms with Gasteiger partial charge in [-0.25, -0.2) is 0 Å². The van der Waals surface area contributed by atoms with Crippen LogP contribution in [0, 0.1) is 0 Å². The number of ether oxygens (including phenoxy) is 1. The molecule has 1 aromatic heterocycles. The highest BCUT2D eigenvalue weighted by molar-refractivity contribution is 6.17. The number of rotatable bonds is 1. The van der Waals surface area contributed by atoms with Gasteiger partial charge in [0.25, 0.3) is 5.56 Å². The SMILES string of the molecule is O=c1[nH]c2cc(CCl)ccc2c2c1CCO2. The third kappa shape index (κ3) is 1.32. The summed E-state index contributed by atoms with van der Waals surface area (Å²) in [6, 6.07) is 5.80. The summed E-state index contributed by atoms with van der Waals surface area (Å²) >= 11 is 5.76. The summed E-state index contributed by atoms with van der Waals surface area (Å²) in [6.45, 7) is 0.592. The highest BCUT2D eigenvalue weighted by Crippen LogP contribution is 2.30. The van der Waals surface area contributed by atoms with E-state index in [1.165, 1.54) is 0 Å². The summed E-state index contributed by atoms with van der Waals surface area (Å²) in [5.74, 6) is 1.18. The minimum atomic E-state index is -0.0493. The minimum absolute atomic E-state index is 0.0493. The fourth-order valence-electron chi connectivity index (χ4n) is 2.09. The number of aromatic nitrogens is 1. The number of H-pyrrole nitrogens is 1. The van der Waals surface area contributed by atoms with Gasteiger partial charge in [-0.2, -0.15) is 0 Å². The zero-order valence-electron chi connectivity index (χ0n) is 8.55. The second kappa shape index (κ2) is 3.52. The molecule has 0 unspecified atom stereocenters. The molecule has 2 heterocycles. The summed E-state index contributed by atoms with van der Waals surface area (Å²) in [5, 5.41) is 0.959. The number of benzene rings is 1. The molecule has 1 aliphatic heterocycles. The molecule has 16 heavy (non-hydrogen) atoms. The number of nitrogens with one attached hydrogen (secondary N) is 1. The zero-order chi connectivity index (χ0) is 11.1. The van der Waals surface area contributed by atoms with Gasteiger partial charge in [-0.1, -0.05) is 6.07 Å². The predicted molar refractivity (Wildman–Crippen MR) is 63.3 cm³/mol. The van der Waals surface area contributed by atoms with Gasteiger partial charge < -0.3 is 9.72 Å². The van der Waals surface area contributed by atoms with E-state index in [0.29, 0.717) is 18.9 Å². The monoisotopic (exact) mass is 235 g/mol. The molecular weight excluding hydrogens is 226 g/mol. The van der Waals surface area contributed by atoms with Gasteiger partial charge in [0.05, 0.1) is 17.7 Å². The highest BCUT2D eigenvalue weighted by atomic mass is 35.5. The molecule has 0 atom stereocenters. The molecule has 1 N–H and O–H groups in total. The lowest BCUT2D eigenvalue weighted by Crippen LogP contribution is -2.10. The Labute approximate surface area is 97.0 Å². The van der Waals surface area contributed by atoms with Crippen LogP contribution in [0.1, 0.15) is 11.1 Å². The first kappa shape index (κ1) is 9.73. The summed E-state index contributed by atoms with van der Waals surface area (Å²) in [6.07, 6.45) is 0.692. The van der Waals surface area contributed by atoms with Crippen LogP contribution in [0.2, 0.25) is 0 Å². The summed E-state index contributed by atoms with van der Waals surface area (Å²) in [4.78, 5) is 14.6. The molecule has 3 rings (SSSR count). The quantitative estimate of drug-likeness (QED) is 0.770. The van der Waals surface area contributed by atoms with E-state index in [0.717, 1.165) is 27.8 Å². The van der Waals surface area contributed by atoms with E-state index >= 15 is 0 Å². The average Bonchev–Trinajstić information content (AvgIpc) is 2.78. The molecule has 4 heteroatoms. The van der Waals surface area contributed by atoms with Crippen LogP contribution in [0.15, 0.2) is 23.0 Å². The fraction of sp³-hybridized carbons (Fsp3) is 0.250. The smallest absolute Gasteiger partial charge is 0.255 e. The van der Waals surface area contributed by atoms with Crippen molar-refractivity contribution < 1.29 is 4.74 Å². The molecule has 0 aliphatic carbocycles. The first-order chi connectivity index (χ1) is 7.79. The van der Waals surface area contributed by atoms with Crippen LogP contribution in [0.4, 0.5) is 0 Å². The molecule has 0 amide bonds. The van der Waals surface area contributed by atoms with Crippen molar-refractivity contribution in [3.05, 3.63) is 39.7 Å². The molecule has 1 aliphatic rings. The Balaban J connectivity index is 2.38. The van der Waals surface area contributed by atoms with Crippen LogP contribution in [0.25, 0.3) is 10.9 Å². The molecule has 1 aromatic carbocycles. The molecule has 0 fully saturated rings. The Morgan fingerprint density at radius 1 is 1.44 bits per heavy atom. The van der Waals surface area contributed by atoms with E-state index < -0.39 is 0 Å².